The molecule has 0 aliphatic carbocycles. The van der Waals surface area contributed by atoms with Crippen LogP contribution in [0, 0.1) is 0 Å². The Morgan fingerprint density at radius 1 is 1.03 bits per heavy atom. The molecule has 1 fully saturated rings. The van der Waals surface area contributed by atoms with Crippen molar-refractivity contribution in [3.8, 4) is 5.75 Å². The third-order valence-electron chi connectivity index (χ3n) is 5.40. The Morgan fingerprint density at radius 3 is 2.44 bits per heavy atom. The maximum Gasteiger partial charge on any atom is 0.573 e. The molecule has 2 aromatic carbocycles. The Kier molecular flexibility index (Phi) is 5.81. The third kappa shape index (κ3) is 4.55. The molecule has 6 nitrogen and oxygen atoms in total. The minimum absolute atomic E-state index is 0.177. The highest BCUT2D eigenvalue weighted by atomic mass is 32.2. The molecule has 0 saturated carbocycles. The summed E-state index contributed by atoms with van der Waals surface area (Å²) in [7, 11) is -3.89. The molecule has 4 rings (SSSR count). The highest BCUT2D eigenvalue weighted by Crippen LogP contribution is 2.30. The Hall–Kier alpha value is -3.14. The zero-order valence-electron chi connectivity index (χ0n) is 16.7. The fraction of sp³-hybridized carbons (Fsp3) is 0.273. The second kappa shape index (κ2) is 8.42. The first-order chi connectivity index (χ1) is 15.1. The molecular formula is C22H19F3N2O4S. The number of hydrogen-bond acceptors (Lipinski definition) is 5. The Morgan fingerprint density at radius 2 is 1.72 bits per heavy atom. The summed E-state index contributed by atoms with van der Waals surface area (Å²) < 4.78 is 67.2. The van der Waals surface area contributed by atoms with Crippen LogP contribution in [0.2, 0.25) is 0 Å². The van der Waals surface area contributed by atoms with E-state index in [2.05, 4.69) is 9.72 Å². The number of para-hydroxylation sites is 1. The number of rotatable bonds is 4. The number of aromatic nitrogens is 1. The van der Waals surface area contributed by atoms with Gasteiger partial charge in [0, 0.05) is 24.7 Å². The SMILES string of the molecule is O=C(c1cccc2cccnc12)N1CCC(S(=O)(=O)c2cccc(OC(F)(F)F)c2)CC1. The van der Waals surface area contributed by atoms with Gasteiger partial charge in [0.25, 0.3) is 5.91 Å². The molecule has 3 aromatic rings. The lowest BCUT2D eigenvalue weighted by molar-refractivity contribution is -0.274. The van der Waals surface area contributed by atoms with Crippen LogP contribution in [0.1, 0.15) is 23.2 Å². The van der Waals surface area contributed by atoms with Gasteiger partial charge in [-0.25, -0.2) is 8.42 Å². The lowest BCUT2D eigenvalue weighted by atomic mass is 10.1. The average Bonchev–Trinajstić information content (AvgIpc) is 2.77. The molecular weight excluding hydrogens is 445 g/mol. The van der Waals surface area contributed by atoms with Gasteiger partial charge >= 0.3 is 6.36 Å². The third-order valence-corrected chi connectivity index (χ3v) is 7.66. The highest BCUT2D eigenvalue weighted by Gasteiger charge is 2.35. The number of alkyl halides is 3. The summed E-state index contributed by atoms with van der Waals surface area (Å²) in [6, 6.07) is 13.3. The summed E-state index contributed by atoms with van der Waals surface area (Å²) in [5.74, 6) is -0.819. The summed E-state index contributed by atoms with van der Waals surface area (Å²) in [5.41, 5.74) is 1.03. The molecule has 0 atom stereocenters. The van der Waals surface area contributed by atoms with E-state index in [-0.39, 0.29) is 36.7 Å². The van der Waals surface area contributed by atoms with Crippen LogP contribution in [0.5, 0.6) is 5.75 Å². The van der Waals surface area contributed by atoms with Gasteiger partial charge in [-0.05, 0) is 43.2 Å². The topological polar surface area (TPSA) is 76.6 Å². The second-order valence-electron chi connectivity index (χ2n) is 7.44. The maximum absolute atomic E-state index is 13.0. The molecule has 0 N–H and O–H groups in total. The molecule has 168 valence electrons. The summed E-state index contributed by atoms with van der Waals surface area (Å²) >= 11 is 0. The van der Waals surface area contributed by atoms with Gasteiger partial charge in [-0.15, -0.1) is 13.2 Å². The first kappa shape index (κ1) is 22.1. The number of ether oxygens (including phenoxy) is 1. The molecule has 1 aromatic heterocycles. The fourth-order valence-electron chi connectivity index (χ4n) is 3.86. The van der Waals surface area contributed by atoms with Gasteiger partial charge in [0.15, 0.2) is 9.84 Å². The Labute approximate surface area is 182 Å². The van der Waals surface area contributed by atoms with Crippen molar-refractivity contribution in [1.29, 1.82) is 0 Å². The van der Waals surface area contributed by atoms with E-state index in [9.17, 15) is 26.4 Å². The quantitative estimate of drug-likeness (QED) is 0.578. The second-order valence-corrected chi connectivity index (χ2v) is 9.67. The number of halogens is 3. The van der Waals surface area contributed by atoms with Crippen molar-refractivity contribution < 1.29 is 31.1 Å². The van der Waals surface area contributed by atoms with E-state index >= 15 is 0 Å². The number of hydrogen-bond donors (Lipinski definition) is 0. The molecule has 2 heterocycles. The van der Waals surface area contributed by atoms with Crippen molar-refractivity contribution in [3.63, 3.8) is 0 Å². The standard InChI is InChI=1S/C22H19F3N2O4S/c23-22(24,25)31-16-6-2-7-18(14-16)32(29,30)17-9-12-27(13-10-17)21(28)19-8-1-4-15-5-3-11-26-20(15)19/h1-8,11,14,17H,9-10,12-13H2. The molecule has 1 aliphatic heterocycles. The summed E-state index contributed by atoms with van der Waals surface area (Å²) in [6.07, 6.45) is -2.95. The number of carbonyl (C=O) groups excluding carboxylic acids is 1. The highest BCUT2D eigenvalue weighted by molar-refractivity contribution is 7.92. The minimum atomic E-state index is -4.91. The maximum atomic E-state index is 13.0. The van der Waals surface area contributed by atoms with Crippen LogP contribution in [0.3, 0.4) is 0 Å². The molecule has 10 heteroatoms. The van der Waals surface area contributed by atoms with Crippen molar-refractivity contribution in [1.82, 2.24) is 9.88 Å². The number of nitrogens with zero attached hydrogens (tertiary/aromatic N) is 2. The number of pyridine rings is 1. The van der Waals surface area contributed by atoms with Gasteiger partial charge in [-0.1, -0.05) is 24.3 Å². The molecule has 0 radical (unpaired) electrons. The molecule has 1 aliphatic rings. The van der Waals surface area contributed by atoms with E-state index in [1.54, 1.807) is 29.3 Å². The van der Waals surface area contributed by atoms with Crippen LogP contribution in [0.15, 0.2) is 65.7 Å². The Balaban J connectivity index is 1.48. The van der Waals surface area contributed by atoms with E-state index in [0.29, 0.717) is 11.1 Å². The van der Waals surface area contributed by atoms with Crippen molar-refractivity contribution in [3.05, 3.63) is 66.4 Å². The molecule has 0 bridgehead atoms. The summed E-state index contributed by atoms with van der Waals surface area (Å²) in [4.78, 5) is 18.7. The first-order valence-electron chi connectivity index (χ1n) is 9.88. The first-order valence-corrected chi connectivity index (χ1v) is 11.4. The van der Waals surface area contributed by atoms with Gasteiger partial charge in [0.05, 0.1) is 21.2 Å². The van der Waals surface area contributed by atoms with E-state index in [1.807, 2.05) is 12.1 Å². The fourth-order valence-corrected chi connectivity index (χ4v) is 5.62. The van der Waals surface area contributed by atoms with Gasteiger partial charge in [-0.2, -0.15) is 0 Å². The number of carbonyl (C=O) groups is 1. The van der Waals surface area contributed by atoms with Crippen molar-refractivity contribution in [2.24, 2.45) is 0 Å². The molecule has 0 spiro atoms. The lowest BCUT2D eigenvalue weighted by Crippen LogP contribution is -2.42. The minimum Gasteiger partial charge on any atom is -0.406 e. The average molecular weight is 464 g/mol. The van der Waals surface area contributed by atoms with E-state index in [1.165, 1.54) is 12.1 Å². The summed E-state index contributed by atoms with van der Waals surface area (Å²) in [5, 5.41) is 0.0232. The Bertz CT molecular complexity index is 1250. The number of sulfone groups is 1. The predicted octanol–water partition coefficient (Wildman–Crippen LogP) is 4.21. The number of amides is 1. The summed E-state index contributed by atoms with van der Waals surface area (Å²) in [6.45, 7) is 0.426. The van der Waals surface area contributed by atoms with Crippen LogP contribution >= 0.6 is 0 Å². The van der Waals surface area contributed by atoms with Crippen molar-refractivity contribution in [2.45, 2.75) is 29.3 Å². The monoisotopic (exact) mass is 464 g/mol. The normalized spacial score (nSPS) is 15.7. The molecule has 1 amide bonds. The van der Waals surface area contributed by atoms with Gasteiger partial charge in [-0.3, -0.25) is 9.78 Å². The smallest absolute Gasteiger partial charge is 0.406 e. The number of piperidine rings is 1. The molecule has 0 unspecified atom stereocenters. The van der Waals surface area contributed by atoms with Crippen LogP contribution in [0.25, 0.3) is 10.9 Å². The van der Waals surface area contributed by atoms with Crippen LogP contribution in [-0.4, -0.2) is 48.9 Å². The van der Waals surface area contributed by atoms with E-state index < -0.39 is 27.2 Å². The number of benzene rings is 2. The van der Waals surface area contributed by atoms with E-state index in [0.717, 1.165) is 17.5 Å². The zero-order chi connectivity index (χ0) is 22.9. The van der Waals surface area contributed by atoms with Gasteiger partial charge < -0.3 is 9.64 Å². The largest absolute Gasteiger partial charge is 0.573 e. The van der Waals surface area contributed by atoms with Gasteiger partial charge in [0.1, 0.15) is 5.75 Å². The molecule has 32 heavy (non-hydrogen) atoms. The lowest BCUT2D eigenvalue weighted by Gasteiger charge is -2.32. The zero-order valence-corrected chi connectivity index (χ0v) is 17.6. The van der Waals surface area contributed by atoms with Crippen molar-refractivity contribution in [2.75, 3.05) is 13.1 Å². The van der Waals surface area contributed by atoms with Crippen molar-refractivity contribution >= 4 is 26.6 Å². The van der Waals surface area contributed by atoms with Crippen LogP contribution < -0.4 is 4.74 Å². The molecule has 1 saturated heterocycles. The van der Waals surface area contributed by atoms with Crippen LogP contribution in [0.4, 0.5) is 13.2 Å². The van der Waals surface area contributed by atoms with Gasteiger partial charge in [0.2, 0.25) is 0 Å². The predicted molar refractivity (Wildman–Crippen MR) is 111 cm³/mol. The number of fused-ring (bicyclic) bond motifs is 1. The van der Waals surface area contributed by atoms with E-state index in [4.69, 9.17) is 0 Å². The number of likely N-dealkylation sites (tertiary alicyclic amines) is 1. The van der Waals surface area contributed by atoms with Crippen LogP contribution in [-0.2, 0) is 9.84 Å².